The number of imide groups is 1. The quantitative estimate of drug-likeness (QED) is 0.742. The lowest BCUT2D eigenvalue weighted by Gasteiger charge is -2.12. The number of thioether (sulfide) groups is 1. The molecule has 0 bridgehead atoms. The molecule has 0 radical (unpaired) electrons. The number of benzene rings is 1. The maximum absolute atomic E-state index is 13.2. The predicted molar refractivity (Wildman–Crippen MR) is 87.7 cm³/mol. The lowest BCUT2D eigenvalue weighted by Crippen LogP contribution is -2.27. The van der Waals surface area contributed by atoms with Crippen molar-refractivity contribution in [2.24, 2.45) is 0 Å². The summed E-state index contributed by atoms with van der Waals surface area (Å²) in [6, 6.07) is 7.19. The van der Waals surface area contributed by atoms with Crippen molar-refractivity contribution in [3.8, 4) is 0 Å². The summed E-state index contributed by atoms with van der Waals surface area (Å²) in [6.07, 6.45) is 6.35. The molecule has 0 atom stereocenters. The topological polar surface area (TPSA) is 50.5 Å². The molecule has 116 valence electrons. The van der Waals surface area contributed by atoms with Crippen molar-refractivity contribution in [1.29, 1.82) is 0 Å². The molecule has 23 heavy (non-hydrogen) atoms. The minimum Gasteiger partial charge on any atom is -0.465 e. The Morgan fingerprint density at radius 1 is 1.26 bits per heavy atom. The first kappa shape index (κ1) is 15.6. The van der Waals surface area contributed by atoms with Gasteiger partial charge in [0.25, 0.3) is 11.1 Å². The number of hydrogen-bond acceptors (Lipinski definition) is 4. The molecule has 4 nitrogen and oxygen atoms in total. The number of carbonyl (C=O) groups is 2. The number of hydrogen-bond donors (Lipinski definition) is 0. The molecule has 2 heterocycles. The van der Waals surface area contributed by atoms with Gasteiger partial charge in [-0.2, -0.15) is 0 Å². The van der Waals surface area contributed by atoms with Crippen molar-refractivity contribution in [3.05, 3.63) is 70.3 Å². The van der Waals surface area contributed by atoms with Gasteiger partial charge in [-0.05, 0) is 54.2 Å². The van der Waals surface area contributed by atoms with Crippen LogP contribution in [0.4, 0.5) is 14.9 Å². The molecule has 1 aliphatic rings. The Hall–Kier alpha value is -2.31. The lowest BCUT2D eigenvalue weighted by molar-refractivity contribution is -0.113. The van der Waals surface area contributed by atoms with Crippen LogP contribution in [0.1, 0.15) is 5.76 Å². The largest absolute Gasteiger partial charge is 0.465 e. The highest BCUT2D eigenvalue weighted by Gasteiger charge is 2.36. The number of rotatable bonds is 3. The number of halogens is 2. The van der Waals surface area contributed by atoms with E-state index in [1.165, 1.54) is 24.5 Å². The first-order valence-corrected chi connectivity index (χ1v) is 7.69. The van der Waals surface area contributed by atoms with Crippen LogP contribution in [0.2, 0.25) is 5.02 Å². The van der Waals surface area contributed by atoms with E-state index in [1.54, 1.807) is 24.3 Å². The van der Waals surface area contributed by atoms with E-state index < -0.39 is 17.0 Å². The van der Waals surface area contributed by atoms with Gasteiger partial charge >= 0.3 is 0 Å². The van der Waals surface area contributed by atoms with Gasteiger partial charge in [0, 0.05) is 0 Å². The van der Waals surface area contributed by atoms with Crippen LogP contribution in [-0.2, 0) is 4.79 Å². The molecule has 0 N–H and O–H groups in total. The fraction of sp³-hybridized carbons (Fsp3) is 0. The Labute approximate surface area is 140 Å². The van der Waals surface area contributed by atoms with E-state index in [1.807, 2.05) is 0 Å². The molecule has 1 aliphatic heterocycles. The number of anilines is 1. The zero-order valence-corrected chi connectivity index (χ0v) is 13.1. The third-order valence-corrected chi connectivity index (χ3v) is 4.18. The zero-order chi connectivity index (χ0) is 16.4. The highest BCUT2D eigenvalue weighted by molar-refractivity contribution is 8.18. The summed E-state index contributed by atoms with van der Waals surface area (Å²) in [6.45, 7) is 0. The molecular weight excluding hydrogens is 341 g/mol. The molecule has 0 aliphatic carbocycles. The van der Waals surface area contributed by atoms with Crippen LogP contribution in [-0.4, -0.2) is 11.1 Å². The van der Waals surface area contributed by atoms with Crippen LogP contribution in [0.15, 0.2) is 58.1 Å². The Morgan fingerprint density at radius 2 is 2.09 bits per heavy atom. The predicted octanol–water partition coefficient (Wildman–Crippen LogP) is 4.87. The first-order chi connectivity index (χ1) is 11.1. The van der Waals surface area contributed by atoms with Crippen molar-refractivity contribution >= 4 is 46.3 Å². The van der Waals surface area contributed by atoms with Gasteiger partial charge in [-0.25, -0.2) is 9.29 Å². The van der Waals surface area contributed by atoms with Gasteiger partial charge in [-0.3, -0.25) is 9.59 Å². The average Bonchev–Trinajstić information content (AvgIpc) is 3.12. The fourth-order valence-corrected chi connectivity index (χ4v) is 2.91. The number of allylic oxidation sites excluding steroid dienone is 2. The average molecular weight is 350 g/mol. The van der Waals surface area contributed by atoms with Crippen LogP contribution < -0.4 is 4.90 Å². The van der Waals surface area contributed by atoms with Gasteiger partial charge in [0.05, 0.1) is 21.9 Å². The van der Waals surface area contributed by atoms with E-state index in [9.17, 15) is 14.0 Å². The molecule has 1 fully saturated rings. The summed E-state index contributed by atoms with van der Waals surface area (Å²) >= 11 is 6.50. The monoisotopic (exact) mass is 349 g/mol. The first-order valence-electron chi connectivity index (χ1n) is 6.49. The second-order valence-electron chi connectivity index (χ2n) is 4.51. The Morgan fingerprint density at radius 3 is 2.78 bits per heavy atom. The van der Waals surface area contributed by atoms with E-state index in [0.29, 0.717) is 5.76 Å². The van der Waals surface area contributed by atoms with Crippen LogP contribution in [0.3, 0.4) is 0 Å². The number of amides is 2. The van der Waals surface area contributed by atoms with Crippen LogP contribution in [0, 0.1) is 5.82 Å². The molecule has 0 unspecified atom stereocenters. The second-order valence-corrected chi connectivity index (χ2v) is 5.91. The highest BCUT2D eigenvalue weighted by Crippen LogP contribution is 2.35. The number of furan rings is 1. The van der Waals surface area contributed by atoms with Gasteiger partial charge in [0.1, 0.15) is 11.6 Å². The maximum Gasteiger partial charge on any atom is 0.298 e. The van der Waals surface area contributed by atoms with E-state index in [2.05, 4.69) is 0 Å². The van der Waals surface area contributed by atoms with Gasteiger partial charge < -0.3 is 4.42 Å². The molecular formula is C16H9ClFNO3S. The molecule has 2 amide bonds. The normalized spacial score (nSPS) is 17.0. The molecule has 1 aromatic carbocycles. The lowest BCUT2D eigenvalue weighted by atomic mass is 10.2. The van der Waals surface area contributed by atoms with Crippen LogP contribution >= 0.6 is 23.4 Å². The summed E-state index contributed by atoms with van der Waals surface area (Å²) in [5.74, 6) is -0.461. The highest BCUT2D eigenvalue weighted by atomic mass is 35.5. The minimum absolute atomic E-state index is 0.150. The van der Waals surface area contributed by atoms with Crippen molar-refractivity contribution < 1.29 is 18.4 Å². The van der Waals surface area contributed by atoms with E-state index in [4.69, 9.17) is 16.0 Å². The minimum atomic E-state index is -0.612. The smallest absolute Gasteiger partial charge is 0.298 e. The summed E-state index contributed by atoms with van der Waals surface area (Å²) in [5.41, 5.74) is 0.234. The summed E-state index contributed by atoms with van der Waals surface area (Å²) < 4.78 is 18.3. The van der Waals surface area contributed by atoms with Crippen LogP contribution in [0.25, 0.3) is 6.08 Å². The fourth-order valence-electron chi connectivity index (χ4n) is 1.95. The van der Waals surface area contributed by atoms with Crippen molar-refractivity contribution in [2.75, 3.05) is 4.90 Å². The van der Waals surface area contributed by atoms with E-state index in [0.717, 1.165) is 22.7 Å². The second kappa shape index (κ2) is 6.44. The Kier molecular flexibility index (Phi) is 4.36. The third-order valence-electron chi connectivity index (χ3n) is 3.01. The van der Waals surface area contributed by atoms with Gasteiger partial charge in [0.2, 0.25) is 0 Å². The molecule has 1 aromatic heterocycles. The van der Waals surface area contributed by atoms with E-state index in [-0.39, 0.29) is 15.6 Å². The van der Waals surface area contributed by atoms with Crippen molar-refractivity contribution in [1.82, 2.24) is 0 Å². The van der Waals surface area contributed by atoms with Gasteiger partial charge in [-0.1, -0.05) is 17.7 Å². The molecule has 7 heteroatoms. The summed E-state index contributed by atoms with van der Waals surface area (Å²) in [5, 5.41) is -0.612. The molecule has 2 aromatic rings. The Bertz CT molecular complexity index is 830. The molecule has 0 saturated carbocycles. The summed E-state index contributed by atoms with van der Waals surface area (Å²) in [4.78, 5) is 25.6. The number of carbonyl (C=O) groups excluding carboxylic acids is 2. The van der Waals surface area contributed by atoms with Crippen LogP contribution in [0.5, 0.6) is 0 Å². The third kappa shape index (κ3) is 3.23. The zero-order valence-electron chi connectivity index (χ0n) is 11.5. The molecule has 0 spiro atoms. The van der Waals surface area contributed by atoms with Gasteiger partial charge in [0.15, 0.2) is 0 Å². The Balaban J connectivity index is 1.83. The van der Waals surface area contributed by atoms with Gasteiger partial charge in [-0.15, -0.1) is 0 Å². The van der Waals surface area contributed by atoms with Crippen molar-refractivity contribution in [3.63, 3.8) is 0 Å². The molecule has 1 saturated heterocycles. The standard InChI is InChI=1S/C16H9ClFNO3S/c17-12-9-10(6-7-13(12)18)19-15(20)14(23-16(19)21)5-1-3-11-4-2-8-22-11/h1-9H. The molecule has 3 rings (SSSR count). The summed E-state index contributed by atoms with van der Waals surface area (Å²) in [7, 11) is 0. The SMILES string of the molecule is O=C1SC(=CC=Cc2ccco2)C(=O)N1c1ccc(F)c(Cl)c1. The number of nitrogens with zero attached hydrogens (tertiary/aromatic N) is 1. The maximum atomic E-state index is 13.2. The van der Waals surface area contributed by atoms with E-state index >= 15 is 0 Å². The van der Waals surface area contributed by atoms with Crippen molar-refractivity contribution in [2.45, 2.75) is 0 Å².